The Labute approximate surface area is 141 Å². The zero-order valence-corrected chi connectivity index (χ0v) is 13.8. The Balaban J connectivity index is 1.81. The largest absolute Gasteiger partial charge is 0.346 e. The van der Waals surface area contributed by atoms with Crippen molar-refractivity contribution in [2.75, 3.05) is 0 Å². The quantitative estimate of drug-likeness (QED) is 0.798. The summed E-state index contributed by atoms with van der Waals surface area (Å²) in [4.78, 5) is 20.8. The summed E-state index contributed by atoms with van der Waals surface area (Å²) in [5, 5.41) is 2.88. The molecule has 0 aliphatic heterocycles. The maximum Gasteiger partial charge on any atom is 0.253 e. The van der Waals surface area contributed by atoms with Crippen LogP contribution in [0.3, 0.4) is 0 Å². The minimum absolute atomic E-state index is 0.152. The molecule has 0 saturated carbocycles. The molecule has 24 heavy (non-hydrogen) atoms. The molecule has 0 unspecified atom stereocenters. The molecule has 120 valence electrons. The molecule has 0 spiro atoms. The Morgan fingerprint density at radius 1 is 1.04 bits per heavy atom. The van der Waals surface area contributed by atoms with Gasteiger partial charge in [0.05, 0.1) is 17.8 Å². The van der Waals surface area contributed by atoms with E-state index in [1.54, 1.807) is 18.6 Å². The number of nitrogens with zero attached hydrogens (tertiary/aromatic N) is 2. The predicted molar refractivity (Wildman–Crippen MR) is 94.6 cm³/mol. The van der Waals surface area contributed by atoms with Crippen LogP contribution in [0.15, 0.2) is 61.1 Å². The van der Waals surface area contributed by atoms with E-state index < -0.39 is 0 Å². The van der Waals surface area contributed by atoms with Gasteiger partial charge in [0.25, 0.3) is 5.91 Å². The molecule has 4 heteroatoms. The highest BCUT2D eigenvalue weighted by atomic mass is 16.1. The molecule has 0 saturated heterocycles. The van der Waals surface area contributed by atoms with Crippen molar-refractivity contribution in [3.63, 3.8) is 0 Å². The molecule has 1 N–H and O–H groups in total. The SMILES string of the molecule is Cc1cccc(C)c1-c1cncc(C(=O)NCc2ccccn2)c1. The number of benzene rings is 1. The smallest absolute Gasteiger partial charge is 0.253 e. The maximum absolute atomic E-state index is 12.4. The normalized spacial score (nSPS) is 10.4. The third-order valence-corrected chi connectivity index (χ3v) is 3.93. The van der Waals surface area contributed by atoms with Gasteiger partial charge in [-0.25, -0.2) is 0 Å². The average molecular weight is 317 g/mol. The van der Waals surface area contributed by atoms with Crippen LogP contribution in [0.5, 0.6) is 0 Å². The standard InChI is InChI=1S/C20H19N3O/c1-14-6-5-7-15(2)19(14)16-10-17(12-21-11-16)20(24)23-13-18-8-3-4-9-22-18/h3-12H,13H2,1-2H3,(H,23,24). The van der Waals surface area contributed by atoms with Crippen LogP contribution < -0.4 is 5.32 Å². The van der Waals surface area contributed by atoms with E-state index in [4.69, 9.17) is 0 Å². The molecule has 3 aromatic rings. The molecule has 0 aliphatic rings. The van der Waals surface area contributed by atoms with Gasteiger partial charge in [-0.1, -0.05) is 24.3 Å². The van der Waals surface area contributed by atoms with E-state index in [0.29, 0.717) is 12.1 Å². The number of hydrogen-bond acceptors (Lipinski definition) is 3. The van der Waals surface area contributed by atoms with Crippen LogP contribution >= 0.6 is 0 Å². The predicted octanol–water partition coefficient (Wildman–Crippen LogP) is 3.69. The van der Waals surface area contributed by atoms with Gasteiger partial charge in [0, 0.05) is 24.2 Å². The summed E-state index contributed by atoms with van der Waals surface area (Å²) in [6.07, 6.45) is 5.10. The molecule has 0 atom stereocenters. The highest BCUT2D eigenvalue weighted by molar-refractivity contribution is 5.95. The van der Waals surface area contributed by atoms with Crippen LogP contribution in [0.4, 0.5) is 0 Å². The first-order valence-electron chi connectivity index (χ1n) is 7.85. The Bertz CT molecular complexity index is 840. The summed E-state index contributed by atoms with van der Waals surface area (Å²) in [6.45, 7) is 4.53. The molecule has 2 heterocycles. The van der Waals surface area contributed by atoms with E-state index in [-0.39, 0.29) is 5.91 Å². The van der Waals surface area contributed by atoms with Crippen LogP contribution in [-0.4, -0.2) is 15.9 Å². The molecule has 0 bridgehead atoms. The van der Waals surface area contributed by atoms with Crippen molar-refractivity contribution >= 4 is 5.91 Å². The van der Waals surface area contributed by atoms with E-state index in [1.165, 1.54) is 11.1 Å². The Hall–Kier alpha value is -3.01. The lowest BCUT2D eigenvalue weighted by Crippen LogP contribution is -2.23. The van der Waals surface area contributed by atoms with E-state index in [1.807, 2.05) is 30.3 Å². The van der Waals surface area contributed by atoms with Gasteiger partial charge in [-0.05, 0) is 48.7 Å². The van der Waals surface area contributed by atoms with E-state index in [0.717, 1.165) is 16.8 Å². The fourth-order valence-corrected chi connectivity index (χ4v) is 2.75. The van der Waals surface area contributed by atoms with Gasteiger partial charge >= 0.3 is 0 Å². The number of aromatic nitrogens is 2. The van der Waals surface area contributed by atoms with Crippen LogP contribution in [0.25, 0.3) is 11.1 Å². The van der Waals surface area contributed by atoms with Crippen LogP contribution in [0.1, 0.15) is 27.2 Å². The fourth-order valence-electron chi connectivity index (χ4n) is 2.75. The molecule has 3 rings (SSSR count). The van der Waals surface area contributed by atoms with Gasteiger partial charge in [-0.15, -0.1) is 0 Å². The van der Waals surface area contributed by atoms with Crippen molar-refractivity contribution < 1.29 is 4.79 Å². The Kier molecular flexibility index (Phi) is 4.66. The first-order chi connectivity index (χ1) is 11.6. The van der Waals surface area contributed by atoms with Gasteiger partial charge < -0.3 is 5.32 Å². The maximum atomic E-state index is 12.4. The van der Waals surface area contributed by atoms with Gasteiger partial charge in [-0.2, -0.15) is 0 Å². The summed E-state index contributed by atoms with van der Waals surface area (Å²) in [5.41, 5.74) is 5.79. The second-order valence-corrected chi connectivity index (χ2v) is 5.73. The van der Waals surface area contributed by atoms with Gasteiger partial charge in [-0.3, -0.25) is 14.8 Å². The number of hydrogen-bond donors (Lipinski definition) is 1. The molecule has 1 aromatic carbocycles. The second kappa shape index (κ2) is 7.04. The average Bonchev–Trinajstić information content (AvgIpc) is 2.61. The molecule has 0 fully saturated rings. The number of nitrogens with one attached hydrogen (secondary N) is 1. The minimum Gasteiger partial charge on any atom is -0.346 e. The van der Waals surface area contributed by atoms with Crippen molar-refractivity contribution in [3.05, 3.63) is 83.4 Å². The highest BCUT2D eigenvalue weighted by Gasteiger charge is 2.10. The van der Waals surface area contributed by atoms with Gasteiger partial charge in [0.15, 0.2) is 0 Å². The van der Waals surface area contributed by atoms with Crippen molar-refractivity contribution in [1.82, 2.24) is 15.3 Å². The first kappa shape index (κ1) is 15.9. The zero-order chi connectivity index (χ0) is 16.9. The molecule has 0 aliphatic carbocycles. The summed E-state index contributed by atoms with van der Waals surface area (Å²) >= 11 is 0. The molecule has 2 aromatic heterocycles. The molecular formula is C20H19N3O. The lowest BCUT2D eigenvalue weighted by Gasteiger charge is -2.11. The van der Waals surface area contributed by atoms with Crippen LogP contribution in [-0.2, 0) is 6.54 Å². The van der Waals surface area contributed by atoms with Gasteiger partial charge in [0.1, 0.15) is 0 Å². The lowest BCUT2D eigenvalue weighted by molar-refractivity contribution is 0.0950. The number of carbonyl (C=O) groups excluding carboxylic acids is 1. The third kappa shape index (κ3) is 3.49. The molecular weight excluding hydrogens is 298 g/mol. The number of rotatable bonds is 4. The first-order valence-corrected chi connectivity index (χ1v) is 7.85. The number of aryl methyl sites for hydroxylation is 2. The van der Waals surface area contributed by atoms with Crippen LogP contribution in [0.2, 0.25) is 0 Å². The summed E-state index contributed by atoms with van der Waals surface area (Å²) in [6, 6.07) is 13.7. The second-order valence-electron chi connectivity index (χ2n) is 5.73. The lowest BCUT2D eigenvalue weighted by atomic mass is 9.96. The fraction of sp³-hybridized carbons (Fsp3) is 0.150. The molecule has 1 amide bonds. The van der Waals surface area contributed by atoms with Crippen molar-refractivity contribution in [2.45, 2.75) is 20.4 Å². The number of amides is 1. The zero-order valence-electron chi connectivity index (χ0n) is 13.8. The van der Waals surface area contributed by atoms with E-state index >= 15 is 0 Å². The summed E-state index contributed by atoms with van der Waals surface area (Å²) in [5.74, 6) is -0.152. The van der Waals surface area contributed by atoms with Crippen LogP contribution in [0, 0.1) is 13.8 Å². The molecule has 0 radical (unpaired) electrons. The Morgan fingerprint density at radius 2 is 1.83 bits per heavy atom. The highest BCUT2D eigenvalue weighted by Crippen LogP contribution is 2.26. The van der Waals surface area contributed by atoms with Crippen molar-refractivity contribution in [1.29, 1.82) is 0 Å². The van der Waals surface area contributed by atoms with Crippen molar-refractivity contribution in [2.24, 2.45) is 0 Å². The third-order valence-electron chi connectivity index (χ3n) is 3.93. The minimum atomic E-state index is -0.152. The number of pyridine rings is 2. The summed E-state index contributed by atoms with van der Waals surface area (Å²) < 4.78 is 0. The van der Waals surface area contributed by atoms with E-state index in [2.05, 4.69) is 41.3 Å². The number of carbonyl (C=O) groups is 1. The molecule has 4 nitrogen and oxygen atoms in total. The monoisotopic (exact) mass is 317 g/mol. The topological polar surface area (TPSA) is 54.9 Å². The van der Waals surface area contributed by atoms with E-state index in [9.17, 15) is 4.79 Å². The Morgan fingerprint density at radius 3 is 2.54 bits per heavy atom. The van der Waals surface area contributed by atoms with Crippen molar-refractivity contribution in [3.8, 4) is 11.1 Å². The summed E-state index contributed by atoms with van der Waals surface area (Å²) in [7, 11) is 0. The van der Waals surface area contributed by atoms with Gasteiger partial charge in [0.2, 0.25) is 0 Å².